The summed E-state index contributed by atoms with van der Waals surface area (Å²) in [7, 11) is 0. The third kappa shape index (κ3) is 1.56. The van der Waals surface area contributed by atoms with Crippen molar-refractivity contribution in [1.29, 1.82) is 0 Å². The van der Waals surface area contributed by atoms with Gasteiger partial charge in [0.1, 0.15) is 6.10 Å². The number of ether oxygens (including phenoxy) is 1. The van der Waals surface area contributed by atoms with Crippen molar-refractivity contribution in [2.45, 2.75) is 38.9 Å². The zero-order valence-electron chi connectivity index (χ0n) is 11.2. The fraction of sp³-hybridized carbons (Fsp3) is 0.467. The van der Waals surface area contributed by atoms with Crippen molar-refractivity contribution in [3.63, 3.8) is 0 Å². The highest BCUT2D eigenvalue weighted by atomic mass is 16.6. The molecule has 3 atom stereocenters. The highest BCUT2D eigenvalue weighted by Crippen LogP contribution is 2.43. The zero-order valence-corrected chi connectivity index (χ0v) is 11.2. The number of carbonyl (C=O) groups is 2. The molecular weight excluding hydrogens is 244 g/mol. The Morgan fingerprint density at radius 1 is 1.37 bits per heavy atom. The van der Waals surface area contributed by atoms with Crippen LogP contribution in [0.2, 0.25) is 0 Å². The topological polar surface area (TPSA) is 63.6 Å². The third-order valence-electron chi connectivity index (χ3n) is 4.29. The molecule has 0 saturated carbocycles. The molecule has 1 N–H and O–H groups in total. The van der Waals surface area contributed by atoms with Gasteiger partial charge in [-0.2, -0.15) is 0 Å². The van der Waals surface area contributed by atoms with Crippen LogP contribution in [0.5, 0.6) is 0 Å². The largest absolute Gasteiger partial charge is 0.459 e. The maximum absolute atomic E-state index is 12.0. The van der Waals surface area contributed by atoms with E-state index in [1.165, 1.54) is 6.92 Å². The van der Waals surface area contributed by atoms with E-state index in [4.69, 9.17) is 4.74 Å². The Bertz CT molecular complexity index is 589. The van der Waals surface area contributed by atoms with E-state index >= 15 is 0 Å². The van der Waals surface area contributed by atoms with E-state index in [0.717, 1.165) is 16.7 Å². The number of ketones is 1. The van der Waals surface area contributed by atoms with Gasteiger partial charge in [0, 0.05) is 12.0 Å². The number of aliphatic hydroxyl groups is 1. The Morgan fingerprint density at radius 2 is 2.05 bits per heavy atom. The monoisotopic (exact) mass is 260 g/mol. The first kappa shape index (κ1) is 12.4. The molecule has 3 unspecified atom stereocenters. The molecule has 0 spiro atoms. The van der Waals surface area contributed by atoms with Gasteiger partial charge >= 0.3 is 5.97 Å². The lowest BCUT2D eigenvalue weighted by Gasteiger charge is -2.20. The predicted octanol–water partition coefficient (Wildman–Crippen LogP) is 1.45. The van der Waals surface area contributed by atoms with E-state index in [1.54, 1.807) is 6.08 Å². The van der Waals surface area contributed by atoms with Crippen LogP contribution in [-0.2, 0) is 14.3 Å². The Hall–Kier alpha value is -1.68. The van der Waals surface area contributed by atoms with Crippen LogP contribution in [0, 0.1) is 5.92 Å². The Kier molecular flexibility index (Phi) is 2.39. The van der Waals surface area contributed by atoms with Gasteiger partial charge in [-0.1, -0.05) is 11.6 Å². The summed E-state index contributed by atoms with van der Waals surface area (Å²) < 4.78 is 5.27. The number of rotatable bonds is 0. The highest BCUT2D eigenvalue weighted by molar-refractivity contribution is 6.13. The quantitative estimate of drug-likeness (QED) is 0.670. The van der Waals surface area contributed by atoms with E-state index < -0.39 is 17.5 Å². The number of allylic oxidation sites excluding steroid dienone is 4. The van der Waals surface area contributed by atoms with E-state index in [9.17, 15) is 14.7 Å². The van der Waals surface area contributed by atoms with Gasteiger partial charge in [0.25, 0.3) is 0 Å². The van der Waals surface area contributed by atoms with Gasteiger partial charge in [0.05, 0.1) is 5.92 Å². The summed E-state index contributed by atoms with van der Waals surface area (Å²) in [4.78, 5) is 23.7. The number of esters is 1. The van der Waals surface area contributed by atoms with Crippen LogP contribution < -0.4 is 0 Å². The average Bonchev–Trinajstić information content (AvgIpc) is 2.61. The normalized spacial score (nSPS) is 37.5. The Labute approximate surface area is 111 Å². The second kappa shape index (κ2) is 3.67. The second-order valence-corrected chi connectivity index (χ2v) is 5.75. The van der Waals surface area contributed by atoms with Crippen molar-refractivity contribution in [3.05, 3.63) is 34.4 Å². The van der Waals surface area contributed by atoms with Crippen molar-refractivity contribution in [2.24, 2.45) is 5.92 Å². The minimum Gasteiger partial charge on any atom is -0.459 e. The van der Waals surface area contributed by atoms with E-state index in [0.29, 0.717) is 12.0 Å². The molecule has 100 valence electrons. The summed E-state index contributed by atoms with van der Waals surface area (Å²) in [5.41, 5.74) is 1.84. The lowest BCUT2D eigenvalue weighted by molar-refractivity contribution is -0.153. The minimum atomic E-state index is -1.51. The van der Waals surface area contributed by atoms with Gasteiger partial charge in [-0.05, 0) is 38.0 Å². The van der Waals surface area contributed by atoms with Crippen molar-refractivity contribution in [1.82, 2.24) is 0 Å². The molecule has 19 heavy (non-hydrogen) atoms. The number of carbonyl (C=O) groups excluding carboxylic acids is 2. The molecule has 0 aromatic rings. The molecular formula is C15H16O4. The molecule has 0 bridgehead atoms. The van der Waals surface area contributed by atoms with E-state index in [-0.39, 0.29) is 11.9 Å². The molecule has 1 fully saturated rings. The van der Waals surface area contributed by atoms with Crippen LogP contribution in [0.15, 0.2) is 34.4 Å². The Morgan fingerprint density at radius 3 is 2.74 bits per heavy atom. The van der Waals surface area contributed by atoms with Crippen LogP contribution in [0.1, 0.15) is 27.2 Å². The highest BCUT2D eigenvalue weighted by Gasteiger charge is 2.53. The van der Waals surface area contributed by atoms with E-state index in [2.05, 4.69) is 0 Å². The molecule has 1 saturated heterocycles. The third-order valence-corrected chi connectivity index (χ3v) is 4.29. The summed E-state index contributed by atoms with van der Waals surface area (Å²) >= 11 is 0. The molecule has 3 rings (SSSR count). The van der Waals surface area contributed by atoms with Crippen LogP contribution in [0.3, 0.4) is 0 Å². The van der Waals surface area contributed by atoms with E-state index in [1.807, 2.05) is 19.9 Å². The van der Waals surface area contributed by atoms with Crippen molar-refractivity contribution < 1.29 is 19.4 Å². The first-order valence-corrected chi connectivity index (χ1v) is 6.40. The lowest BCUT2D eigenvalue weighted by Crippen LogP contribution is -2.37. The van der Waals surface area contributed by atoms with Crippen LogP contribution >= 0.6 is 0 Å². The second-order valence-electron chi connectivity index (χ2n) is 5.75. The first-order valence-electron chi connectivity index (χ1n) is 6.40. The summed E-state index contributed by atoms with van der Waals surface area (Å²) in [5, 5.41) is 10.3. The molecule has 4 nitrogen and oxygen atoms in total. The Balaban J connectivity index is 2.15. The number of hydrogen-bond donors (Lipinski definition) is 1. The van der Waals surface area contributed by atoms with Gasteiger partial charge in [-0.15, -0.1) is 0 Å². The van der Waals surface area contributed by atoms with Gasteiger partial charge in [0.15, 0.2) is 11.4 Å². The minimum absolute atomic E-state index is 0.00666. The smallest absolute Gasteiger partial charge is 0.338 e. The van der Waals surface area contributed by atoms with Gasteiger partial charge in [-0.3, -0.25) is 4.79 Å². The molecule has 0 radical (unpaired) electrons. The van der Waals surface area contributed by atoms with Crippen LogP contribution in [0.25, 0.3) is 0 Å². The molecule has 2 aliphatic carbocycles. The molecule has 0 aromatic carbocycles. The van der Waals surface area contributed by atoms with Crippen molar-refractivity contribution in [2.75, 3.05) is 0 Å². The predicted molar refractivity (Wildman–Crippen MR) is 68.2 cm³/mol. The molecule has 1 heterocycles. The SMILES string of the molecule is CC1=CC(=O)C2=C(C)CC3OC(=O)C(C)(O)C3C=C12. The number of hydrogen-bond acceptors (Lipinski definition) is 4. The molecule has 0 amide bonds. The standard InChI is InChI=1S/C15H16O4/c1-7-4-11(16)13-8(2)5-12-10(6-9(7)13)15(3,18)14(17)19-12/h4,6,10,12,18H,5H2,1-3H3. The average molecular weight is 260 g/mol. The van der Waals surface area contributed by atoms with Gasteiger partial charge < -0.3 is 9.84 Å². The van der Waals surface area contributed by atoms with Crippen molar-refractivity contribution >= 4 is 11.8 Å². The molecule has 4 heteroatoms. The molecule has 3 aliphatic rings. The first-order chi connectivity index (χ1) is 8.82. The van der Waals surface area contributed by atoms with Crippen molar-refractivity contribution in [3.8, 4) is 0 Å². The summed E-state index contributed by atoms with van der Waals surface area (Å²) in [6.45, 7) is 5.24. The maximum Gasteiger partial charge on any atom is 0.338 e. The summed E-state index contributed by atoms with van der Waals surface area (Å²) in [5.74, 6) is -0.981. The maximum atomic E-state index is 12.0. The van der Waals surface area contributed by atoms with Gasteiger partial charge in [-0.25, -0.2) is 4.79 Å². The van der Waals surface area contributed by atoms with Crippen LogP contribution in [0.4, 0.5) is 0 Å². The molecule has 0 aromatic heterocycles. The fourth-order valence-corrected chi connectivity index (χ4v) is 3.18. The molecule has 1 aliphatic heterocycles. The summed E-state index contributed by atoms with van der Waals surface area (Å²) in [6, 6.07) is 0. The zero-order chi connectivity index (χ0) is 13.9. The lowest BCUT2D eigenvalue weighted by atomic mass is 9.85. The summed E-state index contributed by atoms with van der Waals surface area (Å²) in [6.07, 6.45) is 3.55. The van der Waals surface area contributed by atoms with Crippen LogP contribution in [-0.4, -0.2) is 28.6 Å². The van der Waals surface area contributed by atoms with Gasteiger partial charge in [0.2, 0.25) is 0 Å². The fourth-order valence-electron chi connectivity index (χ4n) is 3.18. The number of fused-ring (bicyclic) bond motifs is 2.